The third kappa shape index (κ3) is 3.37. The number of unbranched alkanes of at least 4 members (excludes halogenated alkanes) is 1. The molecule has 0 fully saturated rings. The summed E-state index contributed by atoms with van der Waals surface area (Å²) in [5.41, 5.74) is 5.88. The second-order valence-corrected chi connectivity index (χ2v) is 5.61. The van der Waals surface area contributed by atoms with E-state index in [-0.39, 0.29) is 9.92 Å². The molecule has 3 N–H and O–H groups in total. The molecule has 0 spiro atoms. The zero-order valence-electron chi connectivity index (χ0n) is 9.03. The van der Waals surface area contributed by atoms with Crippen molar-refractivity contribution in [3.8, 4) is 0 Å². The van der Waals surface area contributed by atoms with Crippen molar-refractivity contribution in [2.45, 2.75) is 24.7 Å². The monoisotopic (exact) mass is 262 g/mol. The van der Waals surface area contributed by atoms with E-state index in [2.05, 4.69) is 4.72 Å². The number of hydrogen-bond acceptors (Lipinski definition) is 3. The van der Waals surface area contributed by atoms with Crippen LogP contribution in [0.1, 0.15) is 19.8 Å². The van der Waals surface area contributed by atoms with Gasteiger partial charge in [-0.1, -0.05) is 24.9 Å². The number of hydrogen-bond donors (Lipinski definition) is 2. The van der Waals surface area contributed by atoms with Crippen LogP contribution in [-0.2, 0) is 10.0 Å². The average Bonchev–Trinajstić information content (AvgIpc) is 2.22. The first-order valence-electron chi connectivity index (χ1n) is 5.02. The Hall–Kier alpha value is -0.780. The molecule has 16 heavy (non-hydrogen) atoms. The fraction of sp³-hybridized carbons (Fsp3) is 0.400. The van der Waals surface area contributed by atoms with Gasteiger partial charge in [-0.25, -0.2) is 13.1 Å². The molecule has 0 radical (unpaired) electrons. The number of nitrogens with two attached hydrogens (primary N) is 1. The Bertz CT molecular complexity index is 460. The molecule has 0 saturated heterocycles. The van der Waals surface area contributed by atoms with E-state index < -0.39 is 10.0 Å². The number of halogens is 1. The predicted molar refractivity (Wildman–Crippen MR) is 66.0 cm³/mol. The topological polar surface area (TPSA) is 72.2 Å². The largest absolute Gasteiger partial charge is 0.398 e. The van der Waals surface area contributed by atoms with E-state index >= 15 is 0 Å². The normalized spacial score (nSPS) is 11.6. The molecule has 0 unspecified atom stereocenters. The fourth-order valence-electron chi connectivity index (χ4n) is 1.14. The van der Waals surface area contributed by atoms with E-state index in [4.69, 9.17) is 17.3 Å². The summed E-state index contributed by atoms with van der Waals surface area (Å²) in [6, 6.07) is 4.28. The van der Waals surface area contributed by atoms with E-state index in [1.807, 2.05) is 6.92 Å². The molecule has 1 aromatic rings. The summed E-state index contributed by atoms with van der Waals surface area (Å²) in [5, 5.41) is 0.248. The van der Waals surface area contributed by atoms with Crippen molar-refractivity contribution in [1.82, 2.24) is 4.72 Å². The Morgan fingerprint density at radius 3 is 2.69 bits per heavy atom. The van der Waals surface area contributed by atoms with Crippen LogP contribution in [0.25, 0.3) is 0 Å². The molecule has 4 nitrogen and oxygen atoms in total. The van der Waals surface area contributed by atoms with Crippen LogP contribution in [0.15, 0.2) is 23.1 Å². The summed E-state index contributed by atoms with van der Waals surface area (Å²) in [6.45, 7) is 2.43. The van der Waals surface area contributed by atoms with E-state index in [1.165, 1.54) is 18.2 Å². The van der Waals surface area contributed by atoms with Crippen LogP contribution in [0.3, 0.4) is 0 Å². The Balaban J connectivity index is 2.86. The van der Waals surface area contributed by atoms with Crippen molar-refractivity contribution in [2.75, 3.05) is 12.3 Å². The van der Waals surface area contributed by atoms with Gasteiger partial charge in [0.1, 0.15) is 0 Å². The van der Waals surface area contributed by atoms with Crippen LogP contribution in [0, 0.1) is 0 Å². The third-order valence-electron chi connectivity index (χ3n) is 2.10. The number of sulfonamides is 1. The highest BCUT2D eigenvalue weighted by molar-refractivity contribution is 7.89. The third-order valence-corrected chi connectivity index (χ3v) is 3.89. The summed E-state index contributed by atoms with van der Waals surface area (Å²) in [5.74, 6) is 0. The Morgan fingerprint density at radius 1 is 1.44 bits per heavy atom. The molecular formula is C10H15ClN2O2S. The molecule has 6 heteroatoms. The zero-order valence-corrected chi connectivity index (χ0v) is 10.6. The highest BCUT2D eigenvalue weighted by Crippen LogP contribution is 2.22. The average molecular weight is 263 g/mol. The second kappa shape index (κ2) is 5.52. The van der Waals surface area contributed by atoms with Gasteiger partial charge >= 0.3 is 0 Å². The van der Waals surface area contributed by atoms with Crippen molar-refractivity contribution in [2.24, 2.45) is 0 Å². The lowest BCUT2D eigenvalue weighted by Crippen LogP contribution is -2.24. The van der Waals surface area contributed by atoms with Crippen LogP contribution in [0.2, 0.25) is 5.02 Å². The highest BCUT2D eigenvalue weighted by atomic mass is 35.5. The lowest BCUT2D eigenvalue weighted by Gasteiger charge is -2.07. The number of anilines is 1. The Labute approximate surface area is 101 Å². The smallest absolute Gasteiger partial charge is 0.240 e. The Kier molecular flexibility index (Phi) is 4.58. The molecule has 0 aliphatic carbocycles. The van der Waals surface area contributed by atoms with Crippen molar-refractivity contribution < 1.29 is 8.42 Å². The number of benzene rings is 1. The Morgan fingerprint density at radius 2 is 2.12 bits per heavy atom. The van der Waals surface area contributed by atoms with Gasteiger partial charge in [-0.15, -0.1) is 0 Å². The van der Waals surface area contributed by atoms with Gasteiger partial charge in [0, 0.05) is 6.54 Å². The van der Waals surface area contributed by atoms with Crippen LogP contribution >= 0.6 is 11.6 Å². The predicted octanol–water partition coefficient (Wildman–Crippen LogP) is 2.00. The van der Waals surface area contributed by atoms with Gasteiger partial charge in [0.15, 0.2) is 0 Å². The molecule has 90 valence electrons. The summed E-state index contributed by atoms with van der Waals surface area (Å²) in [7, 11) is -3.46. The van der Waals surface area contributed by atoms with Crippen LogP contribution in [0.4, 0.5) is 5.69 Å². The molecule has 0 saturated carbocycles. The molecule has 0 aliphatic heterocycles. The molecule has 0 aromatic heterocycles. The van der Waals surface area contributed by atoms with Gasteiger partial charge in [-0.05, 0) is 24.6 Å². The minimum Gasteiger partial charge on any atom is -0.398 e. The minimum atomic E-state index is -3.46. The molecular weight excluding hydrogens is 248 g/mol. The number of nitrogen functional groups attached to an aromatic ring is 1. The van der Waals surface area contributed by atoms with Crippen molar-refractivity contribution in [1.29, 1.82) is 0 Å². The fourth-order valence-corrected chi connectivity index (χ4v) is 2.49. The van der Waals surface area contributed by atoms with E-state index in [0.717, 1.165) is 12.8 Å². The quantitative estimate of drug-likeness (QED) is 0.630. The van der Waals surface area contributed by atoms with Crippen molar-refractivity contribution in [3.05, 3.63) is 23.2 Å². The maximum absolute atomic E-state index is 11.8. The van der Waals surface area contributed by atoms with E-state index in [0.29, 0.717) is 12.2 Å². The summed E-state index contributed by atoms with van der Waals surface area (Å²) in [4.78, 5) is 0.141. The molecule has 0 bridgehead atoms. The molecule has 1 aromatic carbocycles. The van der Waals surface area contributed by atoms with Crippen LogP contribution in [0.5, 0.6) is 0 Å². The summed E-state index contributed by atoms with van der Waals surface area (Å²) < 4.78 is 26.0. The number of rotatable bonds is 5. The molecule has 1 rings (SSSR count). The number of nitrogens with one attached hydrogen (secondary N) is 1. The first kappa shape index (κ1) is 13.3. The molecule has 0 aliphatic rings. The standard InChI is InChI=1S/C10H15ClN2O2S/c1-2-3-6-13-16(14,15)8-4-5-10(12)9(11)7-8/h4-5,7,13H,2-3,6,12H2,1H3. The molecule has 0 heterocycles. The highest BCUT2D eigenvalue weighted by Gasteiger charge is 2.14. The van der Waals surface area contributed by atoms with Crippen molar-refractivity contribution in [3.63, 3.8) is 0 Å². The second-order valence-electron chi connectivity index (χ2n) is 3.43. The van der Waals surface area contributed by atoms with Gasteiger partial charge in [-0.3, -0.25) is 0 Å². The van der Waals surface area contributed by atoms with Gasteiger partial charge in [0.25, 0.3) is 0 Å². The van der Waals surface area contributed by atoms with Gasteiger partial charge in [0.2, 0.25) is 10.0 Å². The van der Waals surface area contributed by atoms with E-state index in [9.17, 15) is 8.42 Å². The molecule has 0 atom stereocenters. The van der Waals surface area contributed by atoms with Crippen LogP contribution < -0.4 is 10.5 Å². The van der Waals surface area contributed by atoms with E-state index in [1.54, 1.807) is 0 Å². The lowest BCUT2D eigenvalue weighted by atomic mass is 10.3. The van der Waals surface area contributed by atoms with Gasteiger partial charge in [-0.2, -0.15) is 0 Å². The first-order chi connectivity index (χ1) is 7.47. The summed E-state index contributed by atoms with van der Waals surface area (Å²) >= 11 is 5.76. The van der Waals surface area contributed by atoms with Crippen LogP contribution in [-0.4, -0.2) is 15.0 Å². The van der Waals surface area contributed by atoms with Crippen molar-refractivity contribution >= 4 is 27.3 Å². The molecule has 0 amide bonds. The minimum absolute atomic E-state index is 0.141. The SMILES string of the molecule is CCCCNS(=O)(=O)c1ccc(N)c(Cl)c1. The first-order valence-corrected chi connectivity index (χ1v) is 6.88. The van der Waals surface area contributed by atoms with Gasteiger partial charge < -0.3 is 5.73 Å². The lowest BCUT2D eigenvalue weighted by molar-refractivity contribution is 0.578. The summed E-state index contributed by atoms with van der Waals surface area (Å²) in [6.07, 6.45) is 1.74. The maximum Gasteiger partial charge on any atom is 0.240 e. The zero-order chi connectivity index (χ0) is 12.2. The van der Waals surface area contributed by atoms with Gasteiger partial charge in [0.05, 0.1) is 15.6 Å². The maximum atomic E-state index is 11.8.